The van der Waals surface area contributed by atoms with Gasteiger partial charge in [-0.3, -0.25) is 4.99 Å². The number of aliphatic imine (C=N–C) groups is 1. The Morgan fingerprint density at radius 3 is 2.70 bits per heavy atom. The average molecular weight is 523 g/mol. The fourth-order valence-corrected chi connectivity index (χ4v) is 3.50. The van der Waals surface area contributed by atoms with E-state index in [4.69, 9.17) is 14.2 Å². The largest absolute Gasteiger partial charge is 0.493 e. The van der Waals surface area contributed by atoms with Gasteiger partial charge in [-0.25, -0.2) is 0 Å². The number of ether oxygens (including phenoxy) is 3. The molecule has 0 saturated heterocycles. The third-order valence-electron chi connectivity index (χ3n) is 4.87. The van der Waals surface area contributed by atoms with E-state index >= 15 is 0 Å². The van der Waals surface area contributed by atoms with Gasteiger partial charge in [-0.15, -0.1) is 30.6 Å². The Kier molecular flexibility index (Phi) is 9.29. The first-order valence-corrected chi connectivity index (χ1v) is 9.72. The third kappa shape index (κ3) is 5.81. The summed E-state index contributed by atoms with van der Waals surface area (Å²) in [6, 6.07) is 12.2. The van der Waals surface area contributed by atoms with Crippen LogP contribution in [-0.4, -0.2) is 39.9 Å². The van der Waals surface area contributed by atoms with Crippen molar-refractivity contribution in [3.8, 4) is 17.2 Å². The Hall–Kier alpha value is -2.42. The molecule has 0 radical (unpaired) electrons. The molecule has 0 fully saturated rings. The molecule has 0 spiro atoms. The van der Waals surface area contributed by atoms with E-state index in [1.165, 1.54) is 5.56 Å². The van der Waals surface area contributed by atoms with Crippen molar-refractivity contribution in [2.45, 2.75) is 25.5 Å². The van der Waals surface area contributed by atoms with Crippen molar-refractivity contribution in [3.05, 3.63) is 65.7 Å². The molecular weight excluding hydrogens is 493 g/mol. The molecule has 1 aliphatic rings. The Bertz CT molecular complexity index is 861. The van der Waals surface area contributed by atoms with Gasteiger partial charge in [0.1, 0.15) is 11.9 Å². The number of nitrogens with zero attached hydrogens (tertiary/aromatic N) is 1. The van der Waals surface area contributed by atoms with Gasteiger partial charge >= 0.3 is 0 Å². The average Bonchev–Trinajstić information content (AvgIpc) is 3.16. The zero-order valence-electron chi connectivity index (χ0n) is 17.7. The summed E-state index contributed by atoms with van der Waals surface area (Å²) in [4.78, 5) is 4.32. The summed E-state index contributed by atoms with van der Waals surface area (Å²) in [5.74, 6) is 3.16. The molecule has 1 heterocycles. The topological polar surface area (TPSA) is 64.1 Å². The Morgan fingerprint density at radius 2 is 2.03 bits per heavy atom. The van der Waals surface area contributed by atoms with Gasteiger partial charge in [-0.2, -0.15) is 0 Å². The fraction of sp³-hybridized carbons (Fsp3) is 0.348. The number of para-hydroxylation sites is 1. The monoisotopic (exact) mass is 523 g/mol. The number of guanidine groups is 1. The number of hydrogen-bond donors (Lipinski definition) is 2. The molecule has 162 valence electrons. The number of methoxy groups -OCH3 is 2. The first-order valence-electron chi connectivity index (χ1n) is 9.72. The summed E-state index contributed by atoms with van der Waals surface area (Å²) in [5.41, 5.74) is 3.37. The first kappa shape index (κ1) is 23.9. The molecule has 0 bridgehead atoms. The summed E-state index contributed by atoms with van der Waals surface area (Å²) < 4.78 is 17.0. The number of hydrogen-bond acceptors (Lipinski definition) is 4. The molecule has 0 aromatic heterocycles. The maximum Gasteiger partial charge on any atom is 0.191 e. The zero-order chi connectivity index (χ0) is 20.6. The molecular formula is C23H30IN3O3. The number of benzene rings is 2. The van der Waals surface area contributed by atoms with Crippen LogP contribution in [0.25, 0.3) is 0 Å². The van der Waals surface area contributed by atoms with Crippen LogP contribution in [0.5, 0.6) is 17.2 Å². The quantitative estimate of drug-likeness (QED) is 0.239. The van der Waals surface area contributed by atoms with Crippen LogP contribution in [0.15, 0.2) is 54.0 Å². The van der Waals surface area contributed by atoms with Crippen molar-refractivity contribution in [2.24, 2.45) is 4.99 Å². The molecule has 0 saturated carbocycles. The Morgan fingerprint density at radius 1 is 1.23 bits per heavy atom. The Labute approximate surface area is 195 Å². The Balaban J connectivity index is 0.00000320. The highest BCUT2D eigenvalue weighted by molar-refractivity contribution is 14.0. The van der Waals surface area contributed by atoms with Crippen LogP contribution in [0, 0.1) is 0 Å². The van der Waals surface area contributed by atoms with Crippen LogP contribution in [0.2, 0.25) is 0 Å². The lowest BCUT2D eigenvalue weighted by molar-refractivity contribution is 0.235. The highest BCUT2D eigenvalue weighted by Gasteiger charge is 2.22. The first-order chi connectivity index (χ1) is 14.2. The smallest absolute Gasteiger partial charge is 0.191 e. The fourth-order valence-electron chi connectivity index (χ4n) is 3.50. The van der Waals surface area contributed by atoms with Crippen LogP contribution in [-0.2, 0) is 19.4 Å². The van der Waals surface area contributed by atoms with Crippen molar-refractivity contribution >= 4 is 29.9 Å². The highest BCUT2D eigenvalue weighted by Crippen LogP contribution is 2.33. The maximum absolute atomic E-state index is 5.98. The van der Waals surface area contributed by atoms with Crippen LogP contribution < -0.4 is 24.8 Å². The molecule has 6 nitrogen and oxygen atoms in total. The van der Waals surface area contributed by atoms with Gasteiger partial charge in [0.25, 0.3) is 0 Å². The SMILES string of the molecule is C=CCc1cc(CNC(=NC)NCC2Cc3ccccc3O2)cc(OC)c1OC.I. The lowest BCUT2D eigenvalue weighted by atomic mass is 10.1. The normalized spacial score (nSPS) is 14.8. The van der Waals surface area contributed by atoms with Crippen molar-refractivity contribution in [3.63, 3.8) is 0 Å². The minimum atomic E-state index is 0. The molecule has 2 aromatic carbocycles. The molecule has 2 aromatic rings. The molecule has 1 aliphatic heterocycles. The van der Waals surface area contributed by atoms with Crippen molar-refractivity contribution in [1.29, 1.82) is 0 Å². The number of fused-ring (bicyclic) bond motifs is 1. The summed E-state index contributed by atoms with van der Waals surface area (Å²) in [7, 11) is 5.06. The van der Waals surface area contributed by atoms with Crippen LogP contribution in [0.3, 0.4) is 0 Å². The predicted molar refractivity (Wildman–Crippen MR) is 132 cm³/mol. The van der Waals surface area contributed by atoms with Gasteiger partial charge in [0, 0.05) is 25.6 Å². The molecule has 3 rings (SSSR count). The second kappa shape index (κ2) is 11.7. The van der Waals surface area contributed by atoms with Gasteiger partial charge < -0.3 is 24.8 Å². The van der Waals surface area contributed by atoms with Crippen molar-refractivity contribution in [2.75, 3.05) is 27.8 Å². The maximum atomic E-state index is 5.98. The third-order valence-corrected chi connectivity index (χ3v) is 4.87. The van der Waals surface area contributed by atoms with E-state index in [-0.39, 0.29) is 30.1 Å². The molecule has 0 amide bonds. The number of allylic oxidation sites excluding steroid dienone is 1. The summed E-state index contributed by atoms with van der Waals surface area (Å²) in [6.07, 6.45) is 3.57. The second-order valence-corrected chi connectivity index (χ2v) is 6.84. The van der Waals surface area contributed by atoms with Crippen molar-refractivity contribution in [1.82, 2.24) is 10.6 Å². The molecule has 30 heavy (non-hydrogen) atoms. The molecule has 1 unspecified atom stereocenters. The van der Waals surface area contributed by atoms with Crippen molar-refractivity contribution < 1.29 is 14.2 Å². The number of halogens is 1. The van der Waals surface area contributed by atoms with E-state index in [0.717, 1.165) is 35.0 Å². The predicted octanol–water partition coefficient (Wildman–Crippen LogP) is 3.72. The van der Waals surface area contributed by atoms with E-state index in [0.29, 0.717) is 25.3 Å². The molecule has 1 atom stereocenters. The molecule has 2 N–H and O–H groups in total. The lowest BCUT2D eigenvalue weighted by Gasteiger charge is -2.17. The van der Waals surface area contributed by atoms with Gasteiger partial charge in [-0.05, 0) is 35.7 Å². The number of nitrogens with one attached hydrogen (secondary N) is 2. The summed E-state index contributed by atoms with van der Waals surface area (Å²) in [6.45, 7) is 5.12. The molecule has 7 heteroatoms. The number of rotatable bonds is 8. The minimum absolute atomic E-state index is 0. The molecule has 0 aliphatic carbocycles. The van der Waals surface area contributed by atoms with Gasteiger partial charge in [0.15, 0.2) is 17.5 Å². The van der Waals surface area contributed by atoms with E-state index in [2.05, 4.69) is 34.3 Å². The van der Waals surface area contributed by atoms with E-state index < -0.39 is 0 Å². The van der Waals surface area contributed by atoms with Crippen LogP contribution >= 0.6 is 24.0 Å². The van der Waals surface area contributed by atoms with Gasteiger partial charge in [0.2, 0.25) is 0 Å². The standard InChI is InChI=1S/C23H29N3O3.HI/c1-5-8-18-11-16(12-21(27-3)22(18)28-4)14-25-23(24-2)26-15-19-13-17-9-6-7-10-20(17)29-19;/h5-7,9-12,19H,1,8,13-15H2,2-4H3,(H2,24,25,26);1H. The second-order valence-electron chi connectivity index (χ2n) is 6.84. The van der Waals surface area contributed by atoms with Gasteiger partial charge in [0.05, 0.1) is 20.8 Å². The van der Waals surface area contributed by atoms with E-state index in [1.807, 2.05) is 30.3 Å². The zero-order valence-corrected chi connectivity index (χ0v) is 20.1. The van der Waals surface area contributed by atoms with Crippen LogP contribution in [0.1, 0.15) is 16.7 Å². The van der Waals surface area contributed by atoms with Crippen LogP contribution in [0.4, 0.5) is 0 Å². The minimum Gasteiger partial charge on any atom is -0.493 e. The highest BCUT2D eigenvalue weighted by atomic mass is 127. The van der Waals surface area contributed by atoms with E-state index in [1.54, 1.807) is 21.3 Å². The lowest BCUT2D eigenvalue weighted by Crippen LogP contribution is -2.41. The van der Waals surface area contributed by atoms with Gasteiger partial charge in [-0.1, -0.05) is 24.3 Å². The summed E-state index contributed by atoms with van der Waals surface area (Å²) in [5, 5.41) is 6.70. The summed E-state index contributed by atoms with van der Waals surface area (Å²) >= 11 is 0. The van der Waals surface area contributed by atoms with E-state index in [9.17, 15) is 0 Å².